The number of hydrogen-bond acceptors (Lipinski definition) is 5. The summed E-state index contributed by atoms with van der Waals surface area (Å²) in [4.78, 5) is 12.7. The van der Waals surface area contributed by atoms with Crippen molar-refractivity contribution in [2.75, 3.05) is 13.6 Å². The zero-order chi connectivity index (χ0) is 17.3. The minimum absolute atomic E-state index is 0.0520. The summed E-state index contributed by atoms with van der Waals surface area (Å²) in [6, 6.07) is 10.1. The smallest absolute Gasteiger partial charge is 0.298 e. The van der Waals surface area contributed by atoms with Gasteiger partial charge >= 0.3 is 0 Å². The summed E-state index contributed by atoms with van der Waals surface area (Å²) in [5.74, 6) is -0.490. The van der Waals surface area contributed by atoms with Gasteiger partial charge in [-0.25, -0.2) is 13.1 Å². The second-order valence-corrected chi connectivity index (χ2v) is 7.03. The lowest BCUT2D eigenvalue weighted by molar-refractivity contribution is 0.0932. The van der Waals surface area contributed by atoms with Gasteiger partial charge in [-0.2, -0.15) is 0 Å². The minimum Gasteiger partial charge on any atom is -0.438 e. The van der Waals surface area contributed by atoms with E-state index in [4.69, 9.17) is 10.2 Å². The third-order valence-electron chi connectivity index (χ3n) is 3.75. The van der Waals surface area contributed by atoms with Gasteiger partial charge in [-0.1, -0.05) is 18.2 Å². The van der Waals surface area contributed by atoms with Gasteiger partial charge in [0.2, 0.25) is 5.09 Å². The number of nitrogens with two attached hydrogens (primary N) is 1. The molecular weight excluding hydrogens is 330 g/mol. The number of rotatable bonds is 5. The summed E-state index contributed by atoms with van der Waals surface area (Å²) in [5, 5.41) is 0.637. The fourth-order valence-electron chi connectivity index (χ4n) is 2.57. The molecule has 0 fully saturated rings. The first-order valence-corrected chi connectivity index (χ1v) is 8.83. The highest BCUT2D eigenvalue weighted by molar-refractivity contribution is 7.89. The van der Waals surface area contributed by atoms with Gasteiger partial charge in [0.15, 0.2) is 5.76 Å². The molecule has 0 radical (unpaired) electrons. The lowest BCUT2D eigenvalue weighted by Gasteiger charge is -2.01. The fraction of sp³-hybridized carbons (Fsp3) is 0.188. The van der Waals surface area contributed by atoms with Gasteiger partial charge in [0.05, 0.1) is 5.52 Å². The van der Waals surface area contributed by atoms with Crippen LogP contribution in [0.5, 0.6) is 0 Å². The highest BCUT2D eigenvalue weighted by Crippen LogP contribution is 2.23. The maximum atomic E-state index is 12.7. The number of hydrogen-bond donors (Lipinski definition) is 2. The molecule has 0 atom stereocenters. The predicted molar refractivity (Wildman–Crippen MR) is 89.4 cm³/mol. The third kappa shape index (κ3) is 2.75. The zero-order valence-electron chi connectivity index (χ0n) is 13.0. The molecule has 8 heteroatoms. The Kier molecular flexibility index (Phi) is 4.27. The van der Waals surface area contributed by atoms with E-state index in [9.17, 15) is 13.2 Å². The van der Waals surface area contributed by atoms with Crippen molar-refractivity contribution in [1.29, 1.82) is 0 Å². The number of nitrogens with one attached hydrogen (secondary N) is 1. The molecule has 0 bridgehead atoms. The molecule has 126 valence electrons. The SMILES string of the molecule is CNS(=O)(=O)c1ccc(C(=O)n2cc(CCN)c3ccccc32)o1. The van der Waals surface area contributed by atoms with Gasteiger partial charge in [-0.15, -0.1) is 0 Å². The number of carbonyl (C=O) groups is 1. The Morgan fingerprint density at radius 3 is 2.71 bits per heavy atom. The van der Waals surface area contributed by atoms with E-state index >= 15 is 0 Å². The van der Waals surface area contributed by atoms with Crippen LogP contribution in [0.3, 0.4) is 0 Å². The average Bonchev–Trinajstić information content (AvgIpc) is 3.21. The summed E-state index contributed by atoms with van der Waals surface area (Å²) in [6.45, 7) is 0.466. The van der Waals surface area contributed by atoms with E-state index in [2.05, 4.69) is 4.72 Å². The number of furan rings is 1. The summed E-state index contributed by atoms with van der Waals surface area (Å²) >= 11 is 0. The molecule has 2 heterocycles. The van der Waals surface area contributed by atoms with E-state index < -0.39 is 15.9 Å². The number of nitrogens with zero attached hydrogens (tertiary/aromatic N) is 1. The molecule has 1 aromatic carbocycles. The van der Waals surface area contributed by atoms with E-state index in [1.165, 1.54) is 23.7 Å². The van der Waals surface area contributed by atoms with Crippen molar-refractivity contribution in [1.82, 2.24) is 9.29 Å². The Morgan fingerprint density at radius 1 is 1.25 bits per heavy atom. The van der Waals surface area contributed by atoms with Crippen LogP contribution in [0.15, 0.2) is 52.1 Å². The van der Waals surface area contributed by atoms with Crippen molar-refractivity contribution >= 4 is 26.8 Å². The maximum Gasteiger partial charge on any atom is 0.298 e. The lowest BCUT2D eigenvalue weighted by atomic mass is 10.1. The Morgan fingerprint density at radius 2 is 2.00 bits per heavy atom. The maximum absolute atomic E-state index is 12.7. The van der Waals surface area contributed by atoms with Crippen LogP contribution in [0.2, 0.25) is 0 Å². The van der Waals surface area contributed by atoms with Crippen molar-refractivity contribution in [3.8, 4) is 0 Å². The number of carbonyl (C=O) groups excluding carboxylic acids is 1. The zero-order valence-corrected chi connectivity index (χ0v) is 13.8. The fourth-order valence-corrected chi connectivity index (χ4v) is 3.22. The van der Waals surface area contributed by atoms with E-state index in [0.717, 1.165) is 16.5 Å². The topological polar surface area (TPSA) is 107 Å². The molecule has 3 rings (SSSR count). The number of fused-ring (bicyclic) bond motifs is 1. The third-order valence-corrected chi connectivity index (χ3v) is 5.04. The molecule has 0 saturated carbocycles. The quantitative estimate of drug-likeness (QED) is 0.724. The number of para-hydroxylation sites is 1. The molecular formula is C16H17N3O4S. The largest absolute Gasteiger partial charge is 0.438 e. The Balaban J connectivity index is 2.07. The van der Waals surface area contributed by atoms with Gasteiger partial charge in [0.25, 0.3) is 15.9 Å². The summed E-state index contributed by atoms with van der Waals surface area (Å²) in [5.41, 5.74) is 7.31. The number of aromatic nitrogens is 1. The first kappa shape index (κ1) is 16.4. The standard InChI is InChI=1S/C16H17N3O4S/c1-18-24(21,22)15-7-6-14(23-15)16(20)19-10-11(8-9-17)12-4-2-3-5-13(12)19/h2-7,10,18H,8-9,17H2,1H3. The lowest BCUT2D eigenvalue weighted by Crippen LogP contribution is -2.18. The van der Waals surface area contributed by atoms with E-state index in [-0.39, 0.29) is 10.9 Å². The molecule has 3 N–H and O–H groups in total. The van der Waals surface area contributed by atoms with Gasteiger partial charge in [0.1, 0.15) is 0 Å². The van der Waals surface area contributed by atoms with Crippen LogP contribution < -0.4 is 10.5 Å². The van der Waals surface area contributed by atoms with Gasteiger partial charge in [-0.3, -0.25) is 9.36 Å². The van der Waals surface area contributed by atoms with Crippen LogP contribution in [0.1, 0.15) is 16.1 Å². The van der Waals surface area contributed by atoms with Crippen LogP contribution in [0, 0.1) is 0 Å². The molecule has 0 saturated heterocycles. The normalized spacial score (nSPS) is 11.9. The van der Waals surface area contributed by atoms with Crippen LogP contribution >= 0.6 is 0 Å². The van der Waals surface area contributed by atoms with E-state index in [1.54, 1.807) is 6.20 Å². The molecule has 0 aliphatic rings. The van der Waals surface area contributed by atoms with Crippen molar-refractivity contribution in [2.45, 2.75) is 11.5 Å². The molecule has 0 spiro atoms. The molecule has 0 amide bonds. The summed E-state index contributed by atoms with van der Waals surface area (Å²) in [7, 11) is -2.46. The Labute approximate surface area is 139 Å². The van der Waals surface area contributed by atoms with Crippen molar-refractivity contribution in [3.63, 3.8) is 0 Å². The first-order chi connectivity index (χ1) is 11.5. The van der Waals surface area contributed by atoms with Gasteiger partial charge in [-0.05, 0) is 43.8 Å². The molecule has 0 aliphatic heterocycles. The predicted octanol–water partition coefficient (Wildman–Crippen LogP) is 1.33. The van der Waals surface area contributed by atoms with Gasteiger partial charge < -0.3 is 10.2 Å². The molecule has 7 nitrogen and oxygen atoms in total. The van der Waals surface area contributed by atoms with Crippen molar-refractivity contribution in [2.24, 2.45) is 5.73 Å². The molecule has 24 heavy (non-hydrogen) atoms. The Bertz CT molecular complexity index is 1000. The summed E-state index contributed by atoms with van der Waals surface area (Å²) in [6.07, 6.45) is 2.35. The van der Waals surface area contributed by atoms with Crippen LogP contribution in [-0.2, 0) is 16.4 Å². The van der Waals surface area contributed by atoms with Crippen LogP contribution in [0.25, 0.3) is 10.9 Å². The van der Waals surface area contributed by atoms with E-state index in [1.807, 2.05) is 24.3 Å². The van der Waals surface area contributed by atoms with Crippen molar-refractivity contribution in [3.05, 3.63) is 53.9 Å². The van der Waals surface area contributed by atoms with Crippen LogP contribution in [-0.4, -0.2) is 32.5 Å². The highest BCUT2D eigenvalue weighted by atomic mass is 32.2. The number of benzene rings is 1. The molecule has 0 unspecified atom stereocenters. The monoisotopic (exact) mass is 347 g/mol. The average molecular weight is 347 g/mol. The second kappa shape index (κ2) is 6.23. The number of sulfonamides is 1. The van der Waals surface area contributed by atoms with Gasteiger partial charge in [0, 0.05) is 11.6 Å². The van der Waals surface area contributed by atoms with E-state index in [0.29, 0.717) is 13.0 Å². The molecule has 2 aromatic heterocycles. The Hall–Kier alpha value is -2.42. The minimum atomic E-state index is -3.73. The van der Waals surface area contributed by atoms with Crippen LogP contribution in [0.4, 0.5) is 0 Å². The first-order valence-electron chi connectivity index (χ1n) is 7.35. The molecule has 0 aliphatic carbocycles. The second-order valence-electron chi connectivity index (χ2n) is 5.21. The highest BCUT2D eigenvalue weighted by Gasteiger charge is 2.22. The summed E-state index contributed by atoms with van der Waals surface area (Å²) < 4.78 is 32.3. The molecule has 3 aromatic rings. The van der Waals surface area contributed by atoms with Crippen molar-refractivity contribution < 1.29 is 17.6 Å².